The van der Waals surface area contributed by atoms with E-state index >= 15 is 0 Å². The number of rotatable bonds is 16. The van der Waals surface area contributed by atoms with Gasteiger partial charge in [-0.05, 0) is 13.8 Å². The van der Waals surface area contributed by atoms with Gasteiger partial charge >= 0.3 is 29.8 Å². The van der Waals surface area contributed by atoms with Crippen molar-refractivity contribution in [1.29, 1.82) is 0 Å². The molecule has 0 radical (unpaired) electrons. The maximum atomic E-state index is 11.2. The summed E-state index contributed by atoms with van der Waals surface area (Å²) in [5, 5.41) is 44.9. The van der Waals surface area contributed by atoms with E-state index in [-0.39, 0.29) is 13.1 Å². The van der Waals surface area contributed by atoms with Crippen molar-refractivity contribution >= 4 is 29.8 Å². The van der Waals surface area contributed by atoms with Crippen LogP contribution in [0.4, 0.5) is 0 Å². The molecule has 0 aromatic rings. The molecule has 0 spiro atoms. The third-order valence-electron chi connectivity index (χ3n) is 4.00. The van der Waals surface area contributed by atoms with Crippen LogP contribution in [0.2, 0.25) is 0 Å². The molecule has 0 amide bonds. The van der Waals surface area contributed by atoms with Gasteiger partial charge in [-0.2, -0.15) is 0 Å². The van der Waals surface area contributed by atoms with E-state index in [1.54, 1.807) is 0 Å². The summed E-state index contributed by atoms with van der Waals surface area (Å²) in [6.07, 6.45) is 0. The zero-order valence-corrected chi connectivity index (χ0v) is 16.2. The van der Waals surface area contributed by atoms with Gasteiger partial charge in [-0.3, -0.25) is 38.7 Å². The van der Waals surface area contributed by atoms with E-state index < -0.39 is 74.7 Å². The smallest absolute Gasteiger partial charge is 0.317 e. The number of carbonyl (C=O) groups is 5. The third kappa shape index (κ3) is 12.3. The van der Waals surface area contributed by atoms with Crippen molar-refractivity contribution in [2.45, 2.75) is 25.9 Å². The first-order valence-corrected chi connectivity index (χ1v) is 8.61. The van der Waals surface area contributed by atoms with Crippen LogP contribution in [0.1, 0.15) is 13.8 Å². The minimum atomic E-state index is -1.25. The fourth-order valence-electron chi connectivity index (χ4n) is 2.80. The lowest BCUT2D eigenvalue weighted by molar-refractivity contribution is -0.144. The fraction of sp³-hybridized carbons (Fsp3) is 0.688. The molecule has 0 aliphatic rings. The summed E-state index contributed by atoms with van der Waals surface area (Å²) < 4.78 is 0. The molecular formula is C16H27N3O10. The topological polar surface area (TPSA) is 196 Å². The summed E-state index contributed by atoms with van der Waals surface area (Å²) in [5.74, 6) is -6.18. The molecule has 0 bridgehead atoms. The first-order valence-electron chi connectivity index (χ1n) is 8.61. The van der Waals surface area contributed by atoms with Crippen molar-refractivity contribution in [3.05, 3.63) is 0 Å². The summed E-state index contributed by atoms with van der Waals surface area (Å²) in [6, 6.07) is -1.30. The van der Waals surface area contributed by atoms with Crippen molar-refractivity contribution in [3.63, 3.8) is 0 Å². The highest BCUT2D eigenvalue weighted by atomic mass is 16.4. The van der Waals surface area contributed by atoms with Crippen molar-refractivity contribution in [1.82, 2.24) is 14.7 Å². The highest BCUT2D eigenvalue weighted by Crippen LogP contribution is 2.07. The summed E-state index contributed by atoms with van der Waals surface area (Å²) in [4.78, 5) is 58.7. The minimum absolute atomic E-state index is 0.0226. The highest BCUT2D eigenvalue weighted by Gasteiger charge is 2.26. The average Bonchev–Trinajstić information content (AvgIpc) is 2.50. The largest absolute Gasteiger partial charge is 0.480 e. The quantitative estimate of drug-likeness (QED) is 0.185. The Morgan fingerprint density at radius 2 is 0.793 bits per heavy atom. The number of aliphatic carboxylic acids is 5. The lowest BCUT2D eigenvalue weighted by Gasteiger charge is -2.34. The molecule has 13 heteroatoms. The van der Waals surface area contributed by atoms with E-state index in [4.69, 9.17) is 25.5 Å². The van der Waals surface area contributed by atoms with E-state index in [2.05, 4.69) is 0 Å². The Bertz CT molecular complexity index is 536. The monoisotopic (exact) mass is 421 g/mol. The van der Waals surface area contributed by atoms with E-state index in [1.165, 1.54) is 18.7 Å². The van der Waals surface area contributed by atoms with Crippen molar-refractivity contribution in [3.8, 4) is 0 Å². The molecule has 0 heterocycles. The number of carboxylic acid groups (broad SMARTS) is 5. The van der Waals surface area contributed by atoms with E-state index in [1.807, 2.05) is 0 Å². The molecule has 0 aromatic carbocycles. The number of carboxylic acids is 5. The molecule has 2 atom stereocenters. The Hall–Kier alpha value is -2.77. The standard InChI is InChI=1S/C16H27N3O10/c1-10(18(6-13(22)23)7-14(24)25)3-17(5-12(20)21)4-11(2)19(8-15(26)27)9-16(28)29/h10-11H,3-9H2,1-2H3,(H,20,21)(H,22,23)(H,24,25)(H,26,27)(H,28,29). The van der Waals surface area contributed by atoms with Gasteiger partial charge in [0.1, 0.15) is 0 Å². The average molecular weight is 421 g/mol. The van der Waals surface area contributed by atoms with E-state index in [0.717, 1.165) is 9.80 Å². The zero-order valence-electron chi connectivity index (χ0n) is 16.2. The van der Waals surface area contributed by atoms with Gasteiger partial charge in [0.2, 0.25) is 0 Å². The Labute approximate surface area is 166 Å². The van der Waals surface area contributed by atoms with Crippen molar-refractivity contribution in [2.75, 3.05) is 45.8 Å². The molecule has 0 aliphatic heterocycles. The molecule has 13 nitrogen and oxygen atoms in total. The molecule has 0 fully saturated rings. The second-order valence-electron chi connectivity index (χ2n) is 6.67. The normalized spacial score (nSPS) is 13.4. The van der Waals surface area contributed by atoms with Crippen LogP contribution in [0.5, 0.6) is 0 Å². The first kappa shape index (κ1) is 26.2. The summed E-state index contributed by atoms with van der Waals surface area (Å²) >= 11 is 0. The van der Waals surface area contributed by atoms with Crippen LogP contribution in [0.25, 0.3) is 0 Å². The molecule has 0 saturated carbocycles. The van der Waals surface area contributed by atoms with Gasteiger partial charge in [0.15, 0.2) is 0 Å². The van der Waals surface area contributed by atoms with Gasteiger partial charge in [0.05, 0.1) is 32.7 Å². The van der Waals surface area contributed by atoms with Crippen LogP contribution in [0.3, 0.4) is 0 Å². The number of nitrogens with zero attached hydrogens (tertiary/aromatic N) is 3. The second kappa shape index (κ2) is 12.6. The Balaban J connectivity index is 5.31. The minimum Gasteiger partial charge on any atom is -0.480 e. The SMILES string of the molecule is CC(CN(CC(=O)O)CC(C)N(CC(=O)O)CC(=O)O)N(CC(=O)O)CC(=O)O. The molecule has 0 aliphatic carbocycles. The van der Waals surface area contributed by atoms with Crippen LogP contribution in [0.15, 0.2) is 0 Å². The third-order valence-corrected chi connectivity index (χ3v) is 4.00. The lowest BCUT2D eigenvalue weighted by Crippen LogP contribution is -2.51. The molecule has 166 valence electrons. The van der Waals surface area contributed by atoms with Crippen LogP contribution in [0, 0.1) is 0 Å². The number of hydrogen-bond acceptors (Lipinski definition) is 8. The predicted octanol–water partition coefficient (Wildman–Crippen LogP) is -1.91. The van der Waals surface area contributed by atoms with Gasteiger partial charge < -0.3 is 25.5 Å². The molecule has 29 heavy (non-hydrogen) atoms. The van der Waals surface area contributed by atoms with Crippen LogP contribution >= 0.6 is 0 Å². The van der Waals surface area contributed by atoms with E-state index in [0.29, 0.717) is 0 Å². The Morgan fingerprint density at radius 3 is 1.00 bits per heavy atom. The van der Waals surface area contributed by atoms with Crippen molar-refractivity contribution < 1.29 is 49.5 Å². The zero-order chi connectivity index (χ0) is 22.7. The molecule has 5 N–H and O–H groups in total. The molecule has 2 unspecified atom stereocenters. The molecular weight excluding hydrogens is 394 g/mol. The van der Waals surface area contributed by atoms with Crippen LogP contribution < -0.4 is 0 Å². The number of hydrogen-bond donors (Lipinski definition) is 5. The van der Waals surface area contributed by atoms with Gasteiger partial charge in [-0.25, -0.2) is 0 Å². The van der Waals surface area contributed by atoms with Gasteiger partial charge in [-0.15, -0.1) is 0 Å². The predicted molar refractivity (Wildman–Crippen MR) is 96.7 cm³/mol. The summed E-state index contributed by atoms with van der Waals surface area (Å²) in [5.41, 5.74) is 0. The molecule has 0 saturated heterocycles. The maximum absolute atomic E-state index is 11.2. The maximum Gasteiger partial charge on any atom is 0.317 e. The molecule has 0 aromatic heterocycles. The fourth-order valence-corrected chi connectivity index (χ4v) is 2.80. The van der Waals surface area contributed by atoms with Gasteiger partial charge in [0.25, 0.3) is 0 Å². The Kier molecular flexibility index (Phi) is 11.4. The van der Waals surface area contributed by atoms with Gasteiger partial charge in [0, 0.05) is 25.2 Å². The molecule has 0 rings (SSSR count). The van der Waals surface area contributed by atoms with Gasteiger partial charge in [-0.1, -0.05) is 0 Å². The van der Waals surface area contributed by atoms with E-state index in [9.17, 15) is 24.0 Å². The Morgan fingerprint density at radius 1 is 0.552 bits per heavy atom. The van der Waals surface area contributed by atoms with Crippen molar-refractivity contribution in [2.24, 2.45) is 0 Å². The lowest BCUT2D eigenvalue weighted by atomic mass is 10.2. The summed E-state index contributed by atoms with van der Waals surface area (Å²) in [7, 11) is 0. The highest BCUT2D eigenvalue weighted by molar-refractivity contribution is 5.73. The van der Waals surface area contributed by atoms with Crippen LogP contribution in [-0.4, -0.2) is 128 Å². The van der Waals surface area contributed by atoms with Crippen LogP contribution in [-0.2, 0) is 24.0 Å². The first-order chi connectivity index (χ1) is 13.3. The second-order valence-corrected chi connectivity index (χ2v) is 6.67. The summed E-state index contributed by atoms with van der Waals surface area (Å²) in [6.45, 7) is 0.312.